The van der Waals surface area contributed by atoms with E-state index in [4.69, 9.17) is 11.1 Å². The topological polar surface area (TPSA) is 0 Å². The fourth-order valence-corrected chi connectivity index (χ4v) is 2.20. The molecule has 0 saturated heterocycles. The third kappa shape index (κ3) is 3.46. The predicted molar refractivity (Wildman–Crippen MR) is 59.4 cm³/mol. The average molecular weight is 249 g/mol. The monoisotopic (exact) mass is 248 g/mol. The molecule has 1 aromatic carbocycles. The first kappa shape index (κ1) is 11.3. The number of halogens is 1. The molecule has 1 atom stereocenters. The molecule has 0 aliphatic heterocycles. The maximum atomic E-state index is 6.20. The normalized spacial score (nSPS) is 10.5. The first-order valence-corrected chi connectivity index (χ1v) is 7.36. The zero-order valence-electron chi connectivity index (χ0n) is 6.97. The summed E-state index contributed by atoms with van der Waals surface area (Å²) < 4.78 is 0. The number of hydrogen-bond donors (Lipinski definition) is 0. The third-order valence-electron chi connectivity index (χ3n) is 1.46. The van der Waals surface area contributed by atoms with Crippen LogP contribution in [0.5, 0.6) is 0 Å². The van der Waals surface area contributed by atoms with Crippen molar-refractivity contribution in [2.45, 2.75) is 13.1 Å². The van der Waals surface area contributed by atoms with E-state index in [1.807, 2.05) is 18.2 Å². The predicted octanol–water partition coefficient (Wildman–Crippen LogP) is 1.15. The van der Waals surface area contributed by atoms with Gasteiger partial charge in [-0.15, -0.1) is 0 Å². The molecule has 0 amide bonds. The van der Waals surface area contributed by atoms with Gasteiger partial charge in [0.2, 0.25) is 0 Å². The summed E-state index contributed by atoms with van der Waals surface area (Å²) in [5.74, 6) is 0. The molecule has 0 heterocycles. The average Bonchev–Trinajstić information content (AvgIpc) is 1.88. The fraction of sp³-hybridized carbons (Fsp3) is 0.250. The molecule has 0 saturated carbocycles. The number of hydrogen-bond acceptors (Lipinski definition) is 0. The molecule has 0 N–H and O–H groups in total. The Hall–Kier alpha value is 0.285. The molecule has 1 aromatic rings. The molecule has 0 radical (unpaired) electrons. The summed E-state index contributed by atoms with van der Waals surface area (Å²) in [5.41, 5.74) is 0. The van der Waals surface area contributed by atoms with E-state index in [-0.39, 0.29) is 18.0 Å². The molecule has 0 fully saturated rings. The van der Waals surface area contributed by atoms with Crippen LogP contribution in [0.2, 0.25) is 13.1 Å². The first-order valence-electron chi connectivity index (χ1n) is 3.35. The van der Waals surface area contributed by atoms with Crippen LogP contribution < -0.4 is 5.19 Å². The van der Waals surface area contributed by atoms with E-state index in [1.54, 1.807) is 0 Å². The number of rotatable bonds is 1. The molecule has 0 aromatic heterocycles. The zero-order valence-corrected chi connectivity index (χ0v) is 11.7. The van der Waals surface area contributed by atoms with E-state index < -0.39 is 7.38 Å². The minimum atomic E-state index is -1.56. The quantitative estimate of drug-likeness (QED) is 0.517. The molecule has 0 bridgehead atoms. The summed E-state index contributed by atoms with van der Waals surface area (Å²) >= 11 is 6.20. The van der Waals surface area contributed by atoms with Crippen LogP contribution in [0.4, 0.5) is 0 Å². The number of benzene rings is 1. The Kier molecular flexibility index (Phi) is 4.46. The Labute approximate surface area is 85.0 Å². The maximum absolute atomic E-state index is 6.20. The van der Waals surface area contributed by atoms with Gasteiger partial charge in [-0.25, -0.2) is 0 Å². The summed E-state index contributed by atoms with van der Waals surface area (Å²) in [7, 11) is -1.56. The van der Waals surface area contributed by atoms with Crippen LogP contribution >= 0.6 is 11.1 Å². The van der Waals surface area contributed by atoms with Crippen LogP contribution in [-0.4, -0.2) is 25.3 Å². The van der Waals surface area contributed by atoms with Gasteiger partial charge in [0, 0.05) is 0 Å². The van der Waals surface area contributed by atoms with Crippen LogP contribution in [0, 0.1) is 0 Å². The van der Waals surface area contributed by atoms with E-state index >= 15 is 0 Å². The summed E-state index contributed by atoms with van der Waals surface area (Å²) in [6.07, 6.45) is 0. The van der Waals surface area contributed by atoms with Gasteiger partial charge in [-0.2, -0.15) is 11.1 Å². The summed E-state index contributed by atoms with van der Waals surface area (Å²) in [4.78, 5) is 0. The second-order valence-electron chi connectivity index (χ2n) is 2.84. The molecule has 11 heavy (non-hydrogen) atoms. The van der Waals surface area contributed by atoms with E-state index in [9.17, 15) is 0 Å². The Morgan fingerprint density at radius 1 is 1.09 bits per heavy atom. The van der Waals surface area contributed by atoms with Crippen molar-refractivity contribution in [2.24, 2.45) is 0 Å². The van der Waals surface area contributed by atoms with Gasteiger partial charge < -0.3 is 0 Å². The van der Waals surface area contributed by atoms with Crippen LogP contribution in [0.3, 0.4) is 0 Å². The molecule has 1 rings (SSSR count). The Morgan fingerprint density at radius 2 is 1.55 bits per heavy atom. The molecule has 62 valence electrons. The molecule has 3 heteroatoms. The van der Waals surface area contributed by atoms with Crippen LogP contribution in [0.1, 0.15) is 0 Å². The van der Waals surface area contributed by atoms with E-state index in [0.717, 1.165) is 0 Å². The van der Waals surface area contributed by atoms with Crippen molar-refractivity contribution >= 4 is 41.6 Å². The van der Waals surface area contributed by atoms with E-state index in [1.165, 1.54) is 5.19 Å². The van der Waals surface area contributed by atoms with E-state index in [0.29, 0.717) is 0 Å². The summed E-state index contributed by atoms with van der Waals surface area (Å²) in [5, 5.41) is 1.30. The first-order chi connectivity index (χ1) is 4.61. The zero-order chi connectivity index (χ0) is 7.61. The van der Waals surface area contributed by atoms with Crippen molar-refractivity contribution in [1.82, 2.24) is 0 Å². The van der Waals surface area contributed by atoms with Crippen molar-refractivity contribution in [1.29, 1.82) is 0 Å². The van der Waals surface area contributed by atoms with Crippen molar-refractivity contribution in [3.8, 4) is 0 Å². The Morgan fingerprint density at radius 3 is 1.82 bits per heavy atom. The molecular formula is C8H14AsClSi. The molecule has 0 spiro atoms. The summed E-state index contributed by atoms with van der Waals surface area (Å²) in [6.45, 7) is 4.26. The van der Waals surface area contributed by atoms with E-state index in [2.05, 4.69) is 25.2 Å². The summed E-state index contributed by atoms with van der Waals surface area (Å²) in [6, 6.07) is 10.3. The second-order valence-corrected chi connectivity index (χ2v) is 9.20. The molecule has 0 aliphatic rings. The fourth-order valence-electron chi connectivity index (χ4n) is 0.834. The van der Waals surface area contributed by atoms with Gasteiger partial charge >= 0.3 is 18.0 Å². The van der Waals surface area contributed by atoms with Gasteiger partial charge in [-0.05, 0) is 5.19 Å². The Balaban J connectivity index is 0.000001000. The van der Waals surface area contributed by atoms with Gasteiger partial charge in [0.15, 0.2) is 7.38 Å². The standard InChI is InChI=1S/C8H11ClSi.AsH3/c1-10(2,9)8-6-4-3-5-7-8;/h3-7H,1-2H3;1H3. The Bertz CT molecular complexity index is 205. The van der Waals surface area contributed by atoms with Crippen molar-refractivity contribution < 1.29 is 0 Å². The van der Waals surface area contributed by atoms with Gasteiger partial charge in [-0.3, -0.25) is 0 Å². The molecule has 1 unspecified atom stereocenters. The van der Waals surface area contributed by atoms with Crippen LogP contribution in [0.25, 0.3) is 0 Å². The minimum absolute atomic E-state index is 0. The van der Waals surface area contributed by atoms with Crippen molar-refractivity contribution in [3.63, 3.8) is 0 Å². The molecule has 0 nitrogen and oxygen atoms in total. The molecular weight excluding hydrogens is 235 g/mol. The van der Waals surface area contributed by atoms with Crippen LogP contribution in [0.15, 0.2) is 30.3 Å². The van der Waals surface area contributed by atoms with Gasteiger partial charge in [0.1, 0.15) is 0 Å². The van der Waals surface area contributed by atoms with Gasteiger partial charge in [-0.1, -0.05) is 43.4 Å². The van der Waals surface area contributed by atoms with Crippen LogP contribution in [-0.2, 0) is 0 Å². The van der Waals surface area contributed by atoms with Gasteiger partial charge in [0.05, 0.1) is 0 Å². The third-order valence-corrected chi connectivity index (χ3v) is 3.82. The SMILES string of the molecule is C[Si](C)(Cl)c1ccccc1.[AsH3]. The van der Waals surface area contributed by atoms with Crippen molar-refractivity contribution in [3.05, 3.63) is 30.3 Å². The second kappa shape index (κ2) is 4.35. The van der Waals surface area contributed by atoms with Gasteiger partial charge in [0.25, 0.3) is 0 Å². The van der Waals surface area contributed by atoms with Crippen molar-refractivity contribution in [2.75, 3.05) is 0 Å². The molecule has 0 aliphatic carbocycles.